The van der Waals surface area contributed by atoms with E-state index in [4.69, 9.17) is 0 Å². The minimum atomic E-state index is -4.32. The molecule has 6 heteroatoms. The van der Waals surface area contributed by atoms with E-state index >= 15 is 0 Å². The first-order valence-electron chi connectivity index (χ1n) is 5.53. The van der Waals surface area contributed by atoms with Crippen molar-refractivity contribution in [2.75, 3.05) is 11.9 Å². The molecule has 0 fully saturated rings. The Bertz CT molecular complexity index is 586. The van der Waals surface area contributed by atoms with Gasteiger partial charge in [0.25, 0.3) is 0 Å². The van der Waals surface area contributed by atoms with Crippen LogP contribution < -0.4 is 5.32 Å². The van der Waals surface area contributed by atoms with Gasteiger partial charge in [0.1, 0.15) is 5.82 Å². The van der Waals surface area contributed by atoms with E-state index in [1.807, 2.05) is 0 Å². The van der Waals surface area contributed by atoms with Crippen molar-refractivity contribution in [3.05, 3.63) is 36.0 Å². The lowest BCUT2D eigenvalue weighted by molar-refractivity contribution is -0.137. The number of hydrogen-bond donors (Lipinski definition) is 1. The summed E-state index contributed by atoms with van der Waals surface area (Å²) in [5.74, 6) is 0.786. The highest BCUT2D eigenvalue weighted by Crippen LogP contribution is 2.35. The number of nitrogens with one attached hydrogen (secondary N) is 1. The zero-order valence-electron chi connectivity index (χ0n) is 9.33. The predicted octanol–water partition coefficient (Wildman–Crippen LogP) is 2.99. The Morgan fingerprint density at radius 2 is 2.11 bits per heavy atom. The van der Waals surface area contributed by atoms with Gasteiger partial charge in [-0.25, -0.2) is 4.68 Å². The lowest BCUT2D eigenvalue weighted by atomic mass is 10.1. The van der Waals surface area contributed by atoms with Gasteiger partial charge in [-0.3, -0.25) is 0 Å². The molecule has 2 aromatic rings. The summed E-state index contributed by atoms with van der Waals surface area (Å²) >= 11 is 0. The molecule has 0 spiro atoms. The van der Waals surface area contributed by atoms with Crippen LogP contribution in [0.25, 0.3) is 11.1 Å². The molecule has 3 rings (SSSR count). The average Bonchev–Trinajstić information content (AvgIpc) is 2.89. The molecule has 0 atom stereocenters. The van der Waals surface area contributed by atoms with E-state index in [2.05, 4.69) is 10.4 Å². The summed E-state index contributed by atoms with van der Waals surface area (Å²) in [5.41, 5.74) is 0.594. The van der Waals surface area contributed by atoms with Gasteiger partial charge in [0.15, 0.2) is 0 Å². The van der Waals surface area contributed by atoms with Gasteiger partial charge in [0.2, 0.25) is 0 Å². The molecular weight excluding hydrogens is 243 g/mol. The molecule has 0 unspecified atom stereocenters. The van der Waals surface area contributed by atoms with Crippen LogP contribution in [0.15, 0.2) is 30.5 Å². The Hall–Kier alpha value is -1.98. The van der Waals surface area contributed by atoms with E-state index in [0.717, 1.165) is 31.0 Å². The number of hydrogen-bond acceptors (Lipinski definition) is 2. The van der Waals surface area contributed by atoms with Crippen LogP contribution in [0.3, 0.4) is 0 Å². The van der Waals surface area contributed by atoms with Crippen molar-refractivity contribution in [1.29, 1.82) is 0 Å². The number of alkyl halides is 3. The zero-order chi connectivity index (χ0) is 12.8. The van der Waals surface area contributed by atoms with Crippen molar-refractivity contribution in [1.82, 2.24) is 9.78 Å². The Labute approximate surface area is 101 Å². The lowest BCUT2D eigenvalue weighted by Gasteiger charge is -2.08. The van der Waals surface area contributed by atoms with Crippen molar-refractivity contribution in [3.8, 4) is 11.1 Å². The Balaban J connectivity index is 2.07. The lowest BCUT2D eigenvalue weighted by Crippen LogP contribution is -2.04. The topological polar surface area (TPSA) is 29.9 Å². The molecule has 0 radical (unpaired) electrons. The number of fused-ring (bicyclic) bond motifs is 1. The van der Waals surface area contributed by atoms with E-state index < -0.39 is 11.7 Å². The smallest absolute Gasteiger partial charge is 0.368 e. The van der Waals surface area contributed by atoms with E-state index in [-0.39, 0.29) is 0 Å². The molecule has 3 nitrogen and oxygen atoms in total. The first-order valence-corrected chi connectivity index (χ1v) is 5.53. The number of halogens is 3. The quantitative estimate of drug-likeness (QED) is 0.846. The Morgan fingerprint density at radius 3 is 2.89 bits per heavy atom. The summed E-state index contributed by atoms with van der Waals surface area (Å²) in [6.45, 7) is 1.50. The largest absolute Gasteiger partial charge is 0.416 e. The third-order valence-electron chi connectivity index (χ3n) is 2.96. The van der Waals surface area contributed by atoms with Crippen molar-refractivity contribution in [2.45, 2.75) is 12.7 Å². The van der Waals surface area contributed by atoms with Crippen molar-refractivity contribution in [3.63, 3.8) is 0 Å². The molecular formula is C12H10F3N3. The Kier molecular flexibility index (Phi) is 2.33. The predicted molar refractivity (Wildman–Crippen MR) is 61.2 cm³/mol. The van der Waals surface area contributed by atoms with Crippen LogP contribution in [0.4, 0.5) is 19.0 Å². The molecule has 1 aromatic heterocycles. The van der Waals surface area contributed by atoms with Gasteiger partial charge < -0.3 is 5.32 Å². The van der Waals surface area contributed by atoms with Crippen LogP contribution in [-0.2, 0) is 12.7 Å². The summed E-state index contributed by atoms with van der Waals surface area (Å²) in [6, 6.07) is 5.29. The SMILES string of the molecule is FC(F)(F)c1cccc(-c2cnn3c2NCC3)c1. The van der Waals surface area contributed by atoms with Gasteiger partial charge in [0.05, 0.1) is 18.3 Å². The van der Waals surface area contributed by atoms with Crippen molar-refractivity contribution in [2.24, 2.45) is 0 Å². The molecule has 0 saturated carbocycles. The van der Waals surface area contributed by atoms with Crippen LogP contribution in [0, 0.1) is 0 Å². The molecule has 0 saturated heterocycles. The van der Waals surface area contributed by atoms with Crippen LogP contribution in [0.1, 0.15) is 5.56 Å². The number of nitrogens with zero attached hydrogens (tertiary/aromatic N) is 2. The minimum Gasteiger partial charge on any atom is -0.368 e. The third-order valence-corrected chi connectivity index (χ3v) is 2.96. The van der Waals surface area contributed by atoms with Gasteiger partial charge in [0, 0.05) is 12.1 Å². The summed E-state index contributed by atoms with van der Waals surface area (Å²) < 4.78 is 39.7. The maximum absolute atomic E-state index is 12.6. The summed E-state index contributed by atoms with van der Waals surface area (Å²) in [6.07, 6.45) is -2.73. The monoisotopic (exact) mass is 253 g/mol. The van der Waals surface area contributed by atoms with E-state index in [1.54, 1.807) is 16.9 Å². The third kappa shape index (κ3) is 1.73. The fourth-order valence-electron chi connectivity index (χ4n) is 2.10. The highest BCUT2D eigenvalue weighted by atomic mass is 19.4. The number of benzene rings is 1. The van der Waals surface area contributed by atoms with Gasteiger partial charge in [-0.2, -0.15) is 18.3 Å². The standard InChI is InChI=1S/C12H10F3N3/c13-12(14,15)9-3-1-2-8(6-9)10-7-17-18-5-4-16-11(10)18/h1-3,6-7,16H,4-5H2. The maximum Gasteiger partial charge on any atom is 0.416 e. The Morgan fingerprint density at radius 1 is 1.28 bits per heavy atom. The fraction of sp³-hybridized carbons (Fsp3) is 0.250. The van der Waals surface area contributed by atoms with Crippen molar-refractivity contribution < 1.29 is 13.2 Å². The normalized spacial score (nSPS) is 14.4. The molecule has 0 aliphatic carbocycles. The zero-order valence-corrected chi connectivity index (χ0v) is 9.33. The van der Waals surface area contributed by atoms with Gasteiger partial charge in [-0.05, 0) is 17.7 Å². The average molecular weight is 253 g/mol. The molecule has 0 amide bonds. The van der Waals surface area contributed by atoms with E-state index in [9.17, 15) is 13.2 Å². The second-order valence-electron chi connectivity index (χ2n) is 4.14. The van der Waals surface area contributed by atoms with E-state index in [0.29, 0.717) is 11.1 Å². The number of aromatic nitrogens is 2. The fourth-order valence-corrected chi connectivity index (χ4v) is 2.10. The molecule has 1 aliphatic rings. The van der Waals surface area contributed by atoms with Crippen molar-refractivity contribution >= 4 is 5.82 Å². The molecule has 1 aromatic carbocycles. The summed E-state index contributed by atoms with van der Waals surface area (Å²) in [4.78, 5) is 0. The van der Waals surface area contributed by atoms with Gasteiger partial charge in [-0.1, -0.05) is 12.1 Å². The molecule has 2 heterocycles. The van der Waals surface area contributed by atoms with Gasteiger partial charge >= 0.3 is 6.18 Å². The van der Waals surface area contributed by atoms with Crippen LogP contribution >= 0.6 is 0 Å². The van der Waals surface area contributed by atoms with Crippen LogP contribution in [-0.4, -0.2) is 16.3 Å². The van der Waals surface area contributed by atoms with Crippen LogP contribution in [0.2, 0.25) is 0 Å². The van der Waals surface area contributed by atoms with Crippen LogP contribution in [0.5, 0.6) is 0 Å². The molecule has 18 heavy (non-hydrogen) atoms. The number of anilines is 1. The highest BCUT2D eigenvalue weighted by molar-refractivity contribution is 5.76. The summed E-state index contributed by atoms with van der Waals surface area (Å²) in [5, 5.41) is 7.26. The second-order valence-corrected chi connectivity index (χ2v) is 4.14. The summed E-state index contributed by atoms with van der Waals surface area (Å²) in [7, 11) is 0. The first kappa shape index (κ1) is 11.1. The molecule has 94 valence electrons. The second kappa shape index (κ2) is 3.76. The molecule has 0 bridgehead atoms. The first-order chi connectivity index (χ1) is 8.55. The maximum atomic E-state index is 12.6. The van der Waals surface area contributed by atoms with E-state index in [1.165, 1.54) is 6.07 Å². The molecule has 1 aliphatic heterocycles. The van der Waals surface area contributed by atoms with Gasteiger partial charge in [-0.15, -0.1) is 0 Å². The number of rotatable bonds is 1. The molecule has 1 N–H and O–H groups in total. The highest BCUT2D eigenvalue weighted by Gasteiger charge is 2.30. The minimum absolute atomic E-state index is 0.528.